The van der Waals surface area contributed by atoms with Gasteiger partial charge in [0.05, 0.1) is 0 Å². The van der Waals surface area contributed by atoms with Gasteiger partial charge >= 0.3 is 0 Å². The second-order valence-corrected chi connectivity index (χ2v) is 2.71. The fourth-order valence-electron chi connectivity index (χ4n) is 0.758. The van der Waals surface area contributed by atoms with Crippen LogP contribution < -0.4 is 5.32 Å². The molecule has 76 valence electrons. The number of hydrogen-bond donors (Lipinski definition) is 1. The van der Waals surface area contributed by atoms with E-state index in [1.807, 2.05) is 49.7 Å². The smallest absolute Gasteiger partial charge is 0.0277 e. The Hall–Kier alpha value is -1.57. The molecule has 1 N–H and O–H groups in total. The molecule has 2 heteroatoms. The number of rotatable bonds is 5. The summed E-state index contributed by atoms with van der Waals surface area (Å²) in [6, 6.07) is 0. The normalized spacial score (nSPS) is 14.1. The van der Waals surface area contributed by atoms with Crippen LogP contribution in [0.5, 0.6) is 0 Å². The van der Waals surface area contributed by atoms with E-state index in [4.69, 9.17) is 0 Å². The molecule has 14 heavy (non-hydrogen) atoms. The fourth-order valence-corrected chi connectivity index (χ4v) is 0.758. The predicted molar refractivity (Wildman–Crippen MR) is 64.7 cm³/mol. The summed E-state index contributed by atoms with van der Waals surface area (Å²) in [7, 11) is 3.63. The van der Waals surface area contributed by atoms with E-state index < -0.39 is 0 Å². The predicted octanol–water partition coefficient (Wildman–Crippen LogP) is 2.48. The Kier molecular flexibility index (Phi) is 8.45. The van der Waals surface area contributed by atoms with Crippen LogP contribution in [0.4, 0.5) is 0 Å². The molecular formula is C12H18N2. The zero-order valence-corrected chi connectivity index (χ0v) is 9.07. The molecule has 0 aliphatic carbocycles. The molecule has 0 aliphatic rings. The van der Waals surface area contributed by atoms with Crippen molar-refractivity contribution < 1.29 is 0 Å². The first-order valence-electron chi connectivity index (χ1n) is 4.57. The summed E-state index contributed by atoms with van der Waals surface area (Å²) < 4.78 is 0. The Labute approximate surface area is 86.4 Å². The minimum absolute atomic E-state index is 1.20. The topological polar surface area (TPSA) is 24.4 Å². The van der Waals surface area contributed by atoms with Gasteiger partial charge in [-0.1, -0.05) is 29.9 Å². The molecule has 2 nitrogen and oxygen atoms in total. The average Bonchev–Trinajstić information content (AvgIpc) is 2.19. The van der Waals surface area contributed by atoms with Crippen molar-refractivity contribution in [1.82, 2.24) is 5.32 Å². The molecule has 0 aliphatic heterocycles. The van der Waals surface area contributed by atoms with Gasteiger partial charge in [0, 0.05) is 20.3 Å². The molecule has 0 aromatic heterocycles. The molecule has 0 atom stereocenters. The third-order valence-electron chi connectivity index (χ3n) is 1.44. The third-order valence-corrected chi connectivity index (χ3v) is 1.44. The van der Waals surface area contributed by atoms with Crippen molar-refractivity contribution in [2.45, 2.75) is 6.92 Å². The maximum absolute atomic E-state index is 3.84. The van der Waals surface area contributed by atoms with E-state index in [1.165, 1.54) is 5.57 Å². The van der Waals surface area contributed by atoms with Crippen LogP contribution in [0.3, 0.4) is 0 Å². The zero-order valence-electron chi connectivity index (χ0n) is 9.07. The standard InChI is InChI=1S/C12H18N2/c1-12(8-4-6-10-13-2)9-5-7-11-14-3/h4-11,13H,1-3H3. The van der Waals surface area contributed by atoms with Crippen molar-refractivity contribution in [2.24, 2.45) is 4.99 Å². The summed E-state index contributed by atoms with van der Waals surface area (Å²) in [5, 5.41) is 2.92. The molecule has 0 unspecified atom stereocenters. The molecule has 0 saturated carbocycles. The lowest BCUT2D eigenvalue weighted by atomic mass is 10.2. The lowest BCUT2D eigenvalue weighted by Gasteiger charge is -1.86. The minimum Gasteiger partial charge on any atom is -0.394 e. The first-order chi connectivity index (χ1) is 6.81. The van der Waals surface area contributed by atoms with Crippen LogP contribution in [-0.4, -0.2) is 20.3 Å². The maximum Gasteiger partial charge on any atom is 0.0277 e. The highest BCUT2D eigenvalue weighted by Gasteiger charge is 1.75. The number of aliphatic imine (C=N–C) groups is 1. The van der Waals surface area contributed by atoms with Crippen molar-refractivity contribution in [3.05, 3.63) is 48.2 Å². The van der Waals surface area contributed by atoms with Gasteiger partial charge in [0.1, 0.15) is 0 Å². The van der Waals surface area contributed by atoms with Crippen molar-refractivity contribution in [2.75, 3.05) is 14.1 Å². The van der Waals surface area contributed by atoms with Crippen LogP contribution in [-0.2, 0) is 0 Å². The second kappa shape index (κ2) is 9.52. The molecule has 0 aromatic rings. The number of nitrogens with one attached hydrogen (secondary N) is 1. The number of allylic oxidation sites excluding steroid dienone is 7. The first-order valence-corrected chi connectivity index (χ1v) is 4.57. The van der Waals surface area contributed by atoms with E-state index in [9.17, 15) is 0 Å². The largest absolute Gasteiger partial charge is 0.394 e. The van der Waals surface area contributed by atoms with E-state index in [0.29, 0.717) is 0 Å². The van der Waals surface area contributed by atoms with Gasteiger partial charge in [0.25, 0.3) is 0 Å². The highest BCUT2D eigenvalue weighted by molar-refractivity contribution is 5.71. The summed E-state index contributed by atoms with van der Waals surface area (Å²) in [5.41, 5.74) is 1.20. The Bertz CT molecular complexity index is 268. The quantitative estimate of drug-likeness (QED) is 0.522. The van der Waals surface area contributed by atoms with Gasteiger partial charge in [-0.15, -0.1) is 0 Å². The highest BCUT2D eigenvalue weighted by Crippen LogP contribution is 1.95. The van der Waals surface area contributed by atoms with Gasteiger partial charge in [-0.25, -0.2) is 0 Å². The Morgan fingerprint density at radius 1 is 1.14 bits per heavy atom. The third kappa shape index (κ3) is 8.53. The van der Waals surface area contributed by atoms with Crippen molar-refractivity contribution in [3.8, 4) is 0 Å². The molecule has 0 amide bonds. The van der Waals surface area contributed by atoms with Gasteiger partial charge in [0.2, 0.25) is 0 Å². The minimum atomic E-state index is 1.20. The molecule has 0 aromatic carbocycles. The lowest BCUT2D eigenvalue weighted by molar-refractivity contribution is 1.10. The number of nitrogens with zero attached hydrogens (tertiary/aromatic N) is 1. The Balaban J connectivity index is 3.99. The van der Waals surface area contributed by atoms with E-state index in [-0.39, 0.29) is 0 Å². The molecule has 0 radical (unpaired) electrons. The molecule has 0 heterocycles. The van der Waals surface area contributed by atoms with Crippen LogP contribution in [0, 0.1) is 0 Å². The SMILES string of the molecule is CN=CC=CC=C(C)C=CC=CNC. The van der Waals surface area contributed by atoms with E-state index in [0.717, 1.165) is 0 Å². The Morgan fingerprint density at radius 3 is 2.57 bits per heavy atom. The number of hydrogen-bond acceptors (Lipinski definition) is 2. The maximum atomic E-state index is 3.84. The molecule has 0 fully saturated rings. The van der Waals surface area contributed by atoms with Crippen LogP contribution in [0.15, 0.2) is 53.2 Å². The van der Waals surface area contributed by atoms with Crippen molar-refractivity contribution in [1.29, 1.82) is 0 Å². The first kappa shape index (κ1) is 12.4. The molecule has 0 bridgehead atoms. The van der Waals surface area contributed by atoms with Crippen LogP contribution >= 0.6 is 0 Å². The Morgan fingerprint density at radius 2 is 1.93 bits per heavy atom. The molecule has 0 spiro atoms. The van der Waals surface area contributed by atoms with E-state index in [2.05, 4.69) is 17.2 Å². The molecular weight excluding hydrogens is 172 g/mol. The summed E-state index contributed by atoms with van der Waals surface area (Å²) in [6.07, 6.45) is 15.5. The van der Waals surface area contributed by atoms with Gasteiger partial charge in [-0.05, 0) is 25.3 Å². The fraction of sp³-hybridized carbons (Fsp3) is 0.250. The summed E-state index contributed by atoms with van der Waals surface area (Å²) >= 11 is 0. The summed E-state index contributed by atoms with van der Waals surface area (Å²) in [4.78, 5) is 3.84. The highest BCUT2D eigenvalue weighted by atomic mass is 14.8. The van der Waals surface area contributed by atoms with Crippen LogP contribution in [0.1, 0.15) is 6.92 Å². The van der Waals surface area contributed by atoms with Crippen LogP contribution in [0.2, 0.25) is 0 Å². The monoisotopic (exact) mass is 190 g/mol. The average molecular weight is 190 g/mol. The molecule has 0 saturated heterocycles. The van der Waals surface area contributed by atoms with E-state index >= 15 is 0 Å². The lowest BCUT2D eigenvalue weighted by Crippen LogP contribution is -1.89. The van der Waals surface area contributed by atoms with Gasteiger partial charge in [-0.3, -0.25) is 4.99 Å². The van der Waals surface area contributed by atoms with Crippen LogP contribution in [0.25, 0.3) is 0 Å². The van der Waals surface area contributed by atoms with Crippen molar-refractivity contribution >= 4 is 6.21 Å². The van der Waals surface area contributed by atoms with E-state index in [1.54, 1.807) is 13.3 Å². The second-order valence-electron chi connectivity index (χ2n) is 2.71. The summed E-state index contributed by atoms with van der Waals surface area (Å²) in [6.45, 7) is 2.05. The van der Waals surface area contributed by atoms with Gasteiger partial charge < -0.3 is 5.32 Å². The summed E-state index contributed by atoms with van der Waals surface area (Å²) in [5.74, 6) is 0. The van der Waals surface area contributed by atoms with Gasteiger partial charge in [0.15, 0.2) is 0 Å². The zero-order chi connectivity index (χ0) is 10.6. The van der Waals surface area contributed by atoms with Gasteiger partial charge in [-0.2, -0.15) is 0 Å². The molecule has 0 rings (SSSR count). The van der Waals surface area contributed by atoms with Crippen molar-refractivity contribution in [3.63, 3.8) is 0 Å².